The summed E-state index contributed by atoms with van der Waals surface area (Å²) in [6.07, 6.45) is 4.97. The molecule has 0 saturated carbocycles. The van der Waals surface area contributed by atoms with E-state index in [0.29, 0.717) is 17.2 Å². The van der Waals surface area contributed by atoms with Crippen molar-refractivity contribution in [1.29, 1.82) is 0 Å². The Bertz CT molecular complexity index is 915. The molecule has 2 aromatic rings. The second-order valence-corrected chi connectivity index (χ2v) is 6.48. The molecule has 8 heteroatoms. The van der Waals surface area contributed by atoms with Crippen molar-refractivity contribution in [2.75, 3.05) is 24.3 Å². The van der Waals surface area contributed by atoms with Crippen molar-refractivity contribution in [2.45, 2.75) is 4.90 Å². The summed E-state index contributed by atoms with van der Waals surface area (Å²) in [5.41, 5.74) is 0.632. The van der Waals surface area contributed by atoms with Crippen LogP contribution in [-0.4, -0.2) is 28.5 Å². The SMILES string of the molecule is C#CC(=O)Nc1ccc(S(=O)(=O)Nc2cc(OC)ccc2OC)cc1. The van der Waals surface area contributed by atoms with Crippen LogP contribution in [-0.2, 0) is 14.8 Å². The number of anilines is 2. The lowest BCUT2D eigenvalue weighted by Gasteiger charge is -2.13. The first-order valence-corrected chi connectivity index (χ1v) is 8.50. The topological polar surface area (TPSA) is 93.7 Å². The fourth-order valence-corrected chi connectivity index (χ4v) is 3.04. The van der Waals surface area contributed by atoms with Crippen LogP contribution in [0.3, 0.4) is 0 Å². The van der Waals surface area contributed by atoms with Gasteiger partial charge in [-0.3, -0.25) is 9.52 Å². The average molecular weight is 360 g/mol. The number of rotatable bonds is 6. The van der Waals surface area contributed by atoms with Crippen molar-refractivity contribution in [1.82, 2.24) is 0 Å². The van der Waals surface area contributed by atoms with E-state index in [1.54, 1.807) is 12.1 Å². The van der Waals surface area contributed by atoms with E-state index in [2.05, 4.69) is 10.0 Å². The van der Waals surface area contributed by atoms with Gasteiger partial charge in [0.1, 0.15) is 11.5 Å². The molecule has 0 aromatic heterocycles. The van der Waals surface area contributed by atoms with E-state index in [1.807, 2.05) is 5.92 Å². The summed E-state index contributed by atoms with van der Waals surface area (Å²) >= 11 is 0. The minimum atomic E-state index is -3.86. The monoisotopic (exact) mass is 360 g/mol. The smallest absolute Gasteiger partial charge is 0.300 e. The molecule has 2 rings (SSSR count). The zero-order chi connectivity index (χ0) is 18.4. The summed E-state index contributed by atoms with van der Waals surface area (Å²) in [5, 5.41) is 2.43. The van der Waals surface area contributed by atoms with Crippen LogP contribution in [0, 0.1) is 12.3 Å². The summed E-state index contributed by atoms with van der Waals surface area (Å²) in [6, 6.07) is 10.3. The first-order valence-electron chi connectivity index (χ1n) is 7.02. The zero-order valence-corrected chi connectivity index (χ0v) is 14.4. The van der Waals surface area contributed by atoms with Crippen molar-refractivity contribution in [3.8, 4) is 23.8 Å². The molecular weight excluding hydrogens is 344 g/mol. The molecule has 0 atom stereocenters. The Morgan fingerprint density at radius 3 is 2.32 bits per heavy atom. The third-order valence-corrected chi connectivity index (χ3v) is 4.59. The number of terminal acetylenes is 1. The van der Waals surface area contributed by atoms with Gasteiger partial charge in [-0.1, -0.05) is 0 Å². The zero-order valence-electron chi connectivity index (χ0n) is 13.6. The highest BCUT2D eigenvalue weighted by Crippen LogP contribution is 2.31. The van der Waals surface area contributed by atoms with E-state index in [-0.39, 0.29) is 10.6 Å². The Morgan fingerprint density at radius 2 is 1.76 bits per heavy atom. The van der Waals surface area contributed by atoms with Gasteiger partial charge in [-0.25, -0.2) is 8.42 Å². The van der Waals surface area contributed by atoms with Gasteiger partial charge in [-0.2, -0.15) is 0 Å². The van der Waals surface area contributed by atoms with Gasteiger partial charge in [0.05, 0.1) is 24.8 Å². The summed E-state index contributed by atoms with van der Waals surface area (Å²) in [7, 11) is -0.952. The third-order valence-electron chi connectivity index (χ3n) is 3.20. The second-order valence-electron chi connectivity index (χ2n) is 4.79. The number of ether oxygens (including phenoxy) is 2. The molecule has 0 aliphatic rings. The summed E-state index contributed by atoms with van der Waals surface area (Å²) in [5.74, 6) is 2.12. The van der Waals surface area contributed by atoms with Crippen LogP contribution in [0.15, 0.2) is 47.4 Å². The molecule has 25 heavy (non-hydrogen) atoms. The lowest BCUT2D eigenvalue weighted by molar-refractivity contribution is -0.111. The van der Waals surface area contributed by atoms with E-state index in [1.165, 1.54) is 44.6 Å². The van der Waals surface area contributed by atoms with Gasteiger partial charge in [-0.05, 0) is 42.3 Å². The standard InChI is InChI=1S/C17H16N2O5S/c1-4-17(20)18-12-5-8-14(9-6-12)25(21,22)19-15-11-13(23-2)7-10-16(15)24-3/h1,5-11,19H,2-3H3,(H,18,20). The van der Waals surface area contributed by atoms with Crippen LogP contribution < -0.4 is 19.5 Å². The minimum absolute atomic E-state index is 0.0103. The minimum Gasteiger partial charge on any atom is -0.497 e. The number of hydrogen-bond donors (Lipinski definition) is 2. The number of benzene rings is 2. The number of carbonyl (C=O) groups excluding carboxylic acids is 1. The maximum atomic E-state index is 12.5. The van der Waals surface area contributed by atoms with Gasteiger partial charge in [0, 0.05) is 11.8 Å². The maximum absolute atomic E-state index is 12.5. The fraction of sp³-hybridized carbons (Fsp3) is 0.118. The fourth-order valence-electron chi connectivity index (χ4n) is 1.98. The van der Waals surface area contributed by atoms with Crippen LogP contribution >= 0.6 is 0 Å². The molecule has 0 saturated heterocycles. The lowest BCUT2D eigenvalue weighted by atomic mass is 10.3. The van der Waals surface area contributed by atoms with Crippen molar-refractivity contribution in [2.24, 2.45) is 0 Å². The van der Waals surface area contributed by atoms with Crippen LogP contribution in [0.25, 0.3) is 0 Å². The molecule has 1 amide bonds. The van der Waals surface area contributed by atoms with Crippen molar-refractivity contribution < 1.29 is 22.7 Å². The Hall–Kier alpha value is -3.18. The van der Waals surface area contributed by atoms with E-state index < -0.39 is 15.9 Å². The molecule has 2 aromatic carbocycles. The Morgan fingerprint density at radius 1 is 1.08 bits per heavy atom. The molecule has 0 unspecified atom stereocenters. The third kappa shape index (κ3) is 4.43. The first kappa shape index (κ1) is 18.2. The predicted octanol–water partition coefficient (Wildman–Crippen LogP) is 2.08. The molecule has 0 aliphatic carbocycles. The van der Waals surface area contributed by atoms with E-state index >= 15 is 0 Å². The van der Waals surface area contributed by atoms with Crippen molar-refractivity contribution >= 4 is 27.3 Å². The van der Waals surface area contributed by atoms with E-state index in [9.17, 15) is 13.2 Å². The van der Waals surface area contributed by atoms with Gasteiger partial charge in [0.25, 0.3) is 15.9 Å². The number of nitrogens with one attached hydrogen (secondary N) is 2. The molecule has 0 heterocycles. The summed E-state index contributed by atoms with van der Waals surface area (Å²) < 4.78 is 37.8. The molecule has 7 nitrogen and oxygen atoms in total. The van der Waals surface area contributed by atoms with Crippen LogP contribution in [0.1, 0.15) is 0 Å². The molecular formula is C17H16N2O5S. The molecule has 0 spiro atoms. The van der Waals surface area contributed by atoms with Crippen LogP contribution in [0.5, 0.6) is 11.5 Å². The highest BCUT2D eigenvalue weighted by molar-refractivity contribution is 7.92. The van der Waals surface area contributed by atoms with Crippen molar-refractivity contribution in [3.63, 3.8) is 0 Å². The number of sulfonamides is 1. The van der Waals surface area contributed by atoms with Gasteiger partial charge in [-0.15, -0.1) is 6.42 Å². The molecule has 130 valence electrons. The molecule has 0 radical (unpaired) electrons. The number of amides is 1. The number of methoxy groups -OCH3 is 2. The van der Waals surface area contributed by atoms with Crippen LogP contribution in [0.4, 0.5) is 11.4 Å². The highest BCUT2D eigenvalue weighted by atomic mass is 32.2. The average Bonchev–Trinajstić information content (AvgIpc) is 2.61. The van der Waals surface area contributed by atoms with Gasteiger partial charge < -0.3 is 14.8 Å². The number of carbonyl (C=O) groups is 1. The summed E-state index contributed by atoms with van der Waals surface area (Å²) in [6.45, 7) is 0. The largest absolute Gasteiger partial charge is 0.497 e. The molecule has 2 N–H and O–H groups in total. The normalized spacial score (nSPS) is 10.4. The van der Waals surface area contributed by atoms with Crippen molar-refractivity contribution in [3.05, 3.63) is 42.5 Å². The molecule has 0 bridgehead atoms. The first-order chi connectivity index (χ1) is 11.9. The second kappa shape index (κ2) is 7.59. The summed E-state index contributed by atoms with van der Waals surface area (Å²) in [4.78, 5) is 11.1. The van der Waals surface area contributed by atoms with Gasteiger partial charge in [0.2, 0.25) is 0 Å². The van der Waals surface area contributed by atoms with E-state index in [0.717, 1.165) is 0 Å². The quantitative estimate of drug-likeness (QED) is 0.769. The Labute approximate surface area is 146 Å². The highest BCUT2D eigenvalue weighted by Gasteiger charge is 2.17. The molecule has 0 fully saturated rings. The predicted molar refractivity (Wildman–Crippen MR) is 94.3 cm³/mol. The Balaban J connectivity index is 2.28. The lowest BCUT2D eigenvalue weighted by Crippen LogP contribution is -2.14. The van der Waals surface area contributed by atoms with Gasteiger partial charge >= 0.3 is 0 Å². The van der Waals surface area contributed by atoms with Gasteiger partial charge in [0.15, 0.2) is 0 Å². The number of hydrogen-bond acceptors (Lipinski definition) is 5. The van der Waals surface area contributed by atoms with Crippen LogP contribution in [0.2, 0.25) is 0 Å². The van der Waals surface area contributed by atoms with E-state index in [4.69, 9.17) is 15.9 Å². The molecule has 0 aliphatic heterocycles. The Kier molecular flexibility index (Phi) is 5.52. The maximum Gasteiger partial charge on any atom is 0.300 e.